The second kappa shape index (κ2) is 9.20. The van der Waals surface area contributed by atoms with Crippen molar-refractivity contribution in [2.24, 2.45) is 0 Å². The molecular weight excluding hydrogens is 272 g/mol. The average molecular weight is 296 g/mol. The van der Waals surface area contributed by atoms with E-state index in [-0.39, 0.29) is 6.54 Å². The molecule has 0 heterocycles. The zero-order valence-corrected chi connectivity index (χ0v) is 12.9. The van der Waals surface area contributed by atoms with Crippen molar-refractivity contribution in [1.29, 1.82) is 0 Å². The summed E-state index contributed by atoms with van der Waals surface area (Å²) in [5, 5.41) is 8.93. The predicted octanol–water partition coefficient (Wildman–Crippen LogP) is 1.02. The van der Waals surface area contributed by atoms with Crippen LogP contribution in [0.5, 0.6) is 11.5 Å². The molecule has 1 aromatic carbocycles. The highest BCUT2D eigenvalue weighted by Crippen LogP contribution is 2.25. The Kier molecular flexibility index (Phi) is 7.56. The van der Waals surface area contributed by atoms with Crippen molar-refractivity contribution >= 4 is 5.97 Å². The first kappa shape index (κ1) is 17.3. The van der Waals surface area contributed by atoms with Gasteiger partial charge >= 0.3 is 5.97 Å². The van der Waals surface area contributed by atoms with Crippen LogP contribution in [0, 0.1) is 0 Å². The minimum Gasteiger partial charge on any atom is -0.493 e. The first-order chi connectivity index (χ1) is 10.0. The van der Waals surface area contributed by atoms with Gasteiger partial charge in [0.1, 0.15) is 6.61 Å². The maximum absolute atomic E-state index is 10.9. The highest BCUT2D eigenvalue weighted by atomic mass is 16.5. The number of rotatable bonds is 10. The molecule has 0 atom stereocenters. The molecule has 0 radical (unpaired) electrons. The Hall–Kier alpha value is -1.79. The molecule has 0 unspecified atom stereocenters. The van der Waals surface area contributed by atoms with E-state index in [1.165, 1.54) is 0 Å². The summed E-state index contributed by atoms with van der Waals surface area (Å²) in [6, 6.07) is 7.41. The molecule has 0 aliphatic carbocycles. The van der Waals surface area contributed by atoms with E-state index in [9.17, 15) is 4.79 Å². The number of aliphatic carboxylic acids is 1. The number of likely N-dealkylation sites (N-methyl/N-ethyl adjacent to an activating group) is 1. The molecule has 1 N–H and O–H groups in total. The fraction of sp³-hybridized carbons (Fsp3) is 0.533. The summed E-state index contributed by atoms with van der Waals surface area (Å²) in [5.41, 5.74) is 0. The molecule has 0 fully saturated rings. The van der Waals surface area contributed by atoms with Crippen LogP contribution in [0.15, 0.2) is 24.3 Å². The van der Waals surface area contributed by atoms with E-state index in [0.717, 1.165) is 6.54 Å². The number of methoxy groups -OCH3 is 1. The van der Waals surface area contributed by atoms with Crippen molar-refractivity contribution in [3.8, 4) is 11.5 Å². The third-order valence-corrected chi connectivity index (χ3v) is 2.96. The zero-order chi connectivity index (χ0) is 15.7. The molecule has 6 nitrogen and oxygen atoms in total. The van der Waals surface area contributed by atoms with Gasteiger partial charge in [-0.1, -0.05) is 12.1 Å². The molecule has 0 aliphatic rings. The number of carboxylic acids is 1. The third kappa shape index (κ3) is 6.97. The van der Waals surface area contributed by atoms with Gasteiger partial charge in [-0.05, 0) is 26.2 Å². The Morgan fingerprint density at radius 3 is 2.38 bits per heavy atom. The molecule has 118 valence electrons. The predicted molar refractivity (Wildman–Crippen MR) is 81.1 cm³/mol. The van der Waals surface area contributed by atoms with E-state index < -0.39 is 5.97 Å². The lowest BCUT2D eigenvalue weighted by Crippen LogP contribution is -2.38. The number of hydrogen-bond acceptors (Lipinski definition) is 5. The summed E-state index contributed by atoms with van der Waals surface area (Å²) < 4.78 is 10.9. The van der Waals surface area contributed by atoms with Crippen LogP contribution in [0.25, 0.3) is 0 Å². The van der Waals surface area contributed by atoms with Gasteiger partial charge in [-0.15, -0.1) is 0 Å². The van der Waals surface area contributed by atoms with E-state index in [1.807, 2.05) is 48.2 Å². The second-order valence-corrected chi connectivity index (χ2v) is 4.97. The summed E-state index contributed by atoms with van der Waals surface area (Å²) >= 11 is 0. The Morgan fingerprint density at radius 2 is 1.81 bits per heavy atom. The van der Waals surface area contributed by atoms with E-state index in [4.69, 9.17) is 14.6 Å². The lowest BCUT2D eigenvalue weighted by atomic mass is 10.3. The fourth-order valence-corrected chi connectivity index (χ4v) is 1.83. The van der Waals surface area contributed by atoms with Crippen molar-refractivity contribution < 1.29 is 19.4 Å². The molecule has 0 aromatic heterocycles. The molecule has 0 saturated carbocycles. The molecular formula is C15H24N2O4. The van der Waals surface area contributed by atoms with Crippen molar-refractivity contribution in [2.75, 3.05) is 54.0 Å². The largest absolute Gasteiger partial charge is 0.493 e. The van der Waals surface area contributed by atoms with Crippen molar-refractivity contribution in [3.05, 3.63) is 24.3 Å². The first-order valence-corrected chi connectivity index (χ1v) is 6.87. The van der Waals surface area contributed by atoms with Crippen LogP contribution in [0.1, 0.15) is 0 Å². The highest BCUT2D eigenvalue weighted by molar-refractivity contribution is 5.69. The van der Waals surface area contributed by atoms with Gasteiger partial charge in [0, 0.05) is 19.6 Å². The van der Waals surface area contributed by atoms with Crippen LogP contribution in [0.4, 0.5) is 0 Å². The van der Waals surface area contributed by atoms with Crippen LogP contribution in [0.2, 0.25) is 0 Å². The zero-order valence-electron chi connectivity index (χ0n) is 12.9. The Bertz CT molecular complexity index is 437. The smallest absolute Gasteiger partial charge is 0.317 e. The van der Waals surface area contributed by atoms with E-state index in [0.29, 0.717) is 31.2 Å². The van der Waals surface area contributed by atoms with Gasteiger partial charge in [0.15, 0.2) is 11.5 Å². The number of benzene rings is 1. The first-order valence-electron chi connectivity index (χ1n) is 6.87. The third-order valence-electron chi connectivity index (χ3n) is 2.96. The second-order valence-electron chi connectivity index (χ2n) is 4.97. The van der Waals surface area contributed by atoms with Crippen LogP contribution in [-0.4, -0.2) is 74.9 Å². The number of carboxylic acid groups (broad SMARTS) is 1. The number of para-hydroxylation sites is 2. The quantitative estimate of drug-likeness (QED) is 0.695. The number of ether oxygens (including phenoxy) is 2. The monoisotopic (exact) mass is 296 g/mol. The molecule has 0 bridgehead atoms. The maximum atomic E-state index is 10.9. The van der Waals surface area contributed by atoms with Gasteiger partial charge in [-0.3, -0.25) is 9.69 Å². The molecule has 0 aliphatic heterocycles. The van der Waals surface area contributed by atoms with Gasteiger partial charge in [0.05, 0.1) is 13.7 Å². The Morgan fingerprint density at radius 1 is 1.14 bits per heavy atom. The molecule has 1 rings (SSSR count). The lowest BCUT2D eigenvalue weighted by Gasteiger charge is -2.22. The van der Waals surface area contributed by atoms with E-state index >= 15 is 0 Å². The normalized spacial score (nSPS) is 10.9. The van der Waals surface area contributed by atoms with Crippen LogP contribution >= 0.6 is 0 Å². The van der Waals surface area contributed by atoms with Gasteiger partial charge in [0.25, 0.3) is 0 Å². The molecule has 21 heavy (non-hydrogen) atoms. The van der Waals surface area contributed by atoms with Gasteiger partial charge in [-0.25, -0.2) is 0 Å². The lowest BCUT2D eigenvalue weighted by molar-refractivity contribution is -0.138. The van der Waals surface area contributed by atoms with Crippen molar-refractivity contribution in [2.45, 2.75) is 0 Å². The standard InChI is InChI=1S/C15H24N2O4/c1-16(2)8-9-17(12-15(18)19)10-11-21-14-7-5-4-6-13(14)20-3/h4-7H,8-12H2,1-3H3,(H,18,19). The molecule has 6 heteroatoms. The van der Waals surface area contributed by atoms with Crippen LogP contribution in [-0.2, 0) is 4.79 Å². The van der Waals surface area contributed by atoms with Gasteiger partial charge in [-0.2, -0.15) is 0 Å². The average Bonchev–Trinajstić information content (AvgIpc) is 2.44. The minimum absolute atomic E-state index is 0.0170. The number of carbonyl (C=O) groups is 1. The van der Waals surface area contributed by atoms with Crippen LogP contribution in [0.3, 0.4) is 0 Å². The summed E-state index contributed by atoms with van der Waals surface area (Å²) in [6.07, 6.45) is 0. The molecule has 0 spiro atoms. The Balaban J connectivity index is 2.46. The van der Waals surface area contributed by atoms with Crippen LogP contribution < -0.4 is 9.47 Å². The molecule has 0 amide bonds. The SMILES string of the molecule is COc1ccccc1OCCN(CCN(C)C)CC(=O)O. The fourth-order valence-electron chi connectivity index (χ4n) is 1.83. The van der Waals surface area contributed by atoms with E-state index in [1.54, 1.807) is 7.11 Å². The van der Waals surface area contributed by atoms with Gasteiger partial charge in [0.2, 0.25) is 0 Å². The molecule has 1 aromatic rings. The number of nitrogens with zero attached hydrogens (tertiary/aromatic N) is 2. The molecule has 0 saturated heterocycles. The van der Waals surface area contributed by atoms with E-state index in [2.05, 4.69) is 0 Å². The van der Waals surface area contributed by atoms with Crippen molar-refractivity contribution in [1.82, 2.24) is 9.80 Å². The van der Waals surface area contributed by atoms with Gasteiger partial charge < -0.3 is 19.5 Å². The summed E-state index contributed by atoms with van der Waals surface area (Å²) in [6.45, 7) is 2.49. The topological polar surface area (TPSA) is 62.2 Å². The minimum atomic E-state index is -0.828. The highest BCUT2D eigenvalue weighted by Gasteiger charge is 2.11. The summed E-state index contributed by atoms with van der Waals surface area (Å²) in [7, 11) is 5.52. The number of hydrogen-bond donors (Lipinski definition) is 1. The summed E-state index contributed by atoms with van der Waals surface area (Å²) in [4.78, 5) is 14.8. The Labute approximate surface area is 125 Å². The maximum Gasteiger partial charge on any atom is 0.317 e. The summed E-state index contributed by atoms with van der Waals surface area (Å²) in [5.74, 6) is 0.518. The van der Waals surface area contributed by atoms with Crippen molar-refractivity contribution in [3.63, 3.8) is 0 Å².